The van der Waals surface area contributed by atoms with Crippen LogP contribution < -0.4 is 20.5 Å². The number of fused-ring (bicyclic) bond motifs is 1. The van der Waals surface area contributed by atoms with Crippen molar-refractivity contribution in [1.29, 1.82) is 0 Å². The Morgan fingerprint density at radius 1 is 1.22 bits per heavy atom. The molecule has 3 aromatic heterocycles. The van der Waals surface area contributed by atoms with Gasteiger partial charge in [0.05, 0.1) is 17.2 Å². The Balaban J connectivity index is 1.72. The number of aromatic nitrogens is 4. The zero-order chi connectivity index (χ0) is 28.7. The molecule has 0 aliphatic heterocycles. The third-order valence-corrected chi connectivity index (χ3v) is 5.20. The minimum absolute atomic E-state index is 0.0365. The number of carbonyl (C=O) groups excluding carboxylic acids is 1. The number of alkyl halides is 3. The number of rotatable bonds is 6. The minimum atomic E-state index is -5.01. The zero-order valence-electron chi connectivity index (χ0n) is 21.7. The van der Waals surface area contributed by atoms with Gasteiger partial charge < -0.3 is 20.5 Å². The van der Waals surface area contributed by atoms with Crippen molar-refractivity contribution < 1.29 is 35.9 Å². The predicted octanol–water partition coefficient (Wildman–Crippen LogP) is 4.22. The molecule has 0 bridgehead atoms. The van der Waals surface area contributed by atoms with Gasteiger partial charge in [0.25, 0.3) is 5.91 Å². The van der Waals surface area contributed by atoms with Crippen molar-refractivity contribution in [3.8, 4) is 22.8 Å². The predicted molar refractivity (Wildman–Crippen MR) is 121 cm³/mol. The topological polar surface area (TPSA) is 117 Å². The normalized spacial score (nSPS) is 14.0. The summed E-state index contributed by atoms with van der Waals surface area (Å²) >= 11 is 0. The second kappa shape index (κ2) is 9.32. The lowest BCUT2D eigenvalue weighted by Crippen LogP contribution is -2.28. The van der Waals surface area contributed by atoms with Crippen LogP contribution in [0.2, 0.25) is 0 Å². The van der Waals surface area contributed by atoms with Crippen LogP contribution in [0.5, 0.6) is 11.6 Å². The highest BCUT2D eigenvalue weighted by Crippen LogP contribution is 2.30. The van der Waals surface area contributed by atoms with Gasteiger partial charge in [-0.05, 0) is 55.8 Å². The first-order valence-corrected chi connectivity index (χ1v) is 10.3. The fourth-order valence-electron chi connectivity index (χ4n) is 3.59. The first-order chi connectivity index (χ1) is 18.1. The Kier molecular flexibility index (Phi) is 5.41. The Morgan fingerprint density at radius 3 is 2.72 bits per heavy atom. The molecule has 0 radical (unpaired) electrons. The number of halogens is 4. The zero-order valence-corrected chi connectivity index (χ0v) is 18.7. The van der Waals surface area contributed by atoms with E-state index in [1.54, 1.807) is 25.3 Å². The van der Waals surface area contributed by atoms with Crippen molar-refractivity contribution in [2.24, 2.45) is 0 Å². The van der Waals surface area contributed by atoms with Crippen molar-refractivity contribution in [3.05, 3.63) is 65.2 Å². The molecular weight excluding hydrogens is 484 g/mol. The largest absolute Gasteiger partial charge is 0.573 e. The molecule has 3 heterocycles. The SMILES string of the molecule is [2H]C([2H])([2H])Oc1nc(C)c(-c2ccn3nc(N)nc3c2)cc1C(=O)NC(C)c1cc(OC(F)(F)F)ccc1F. The Morgan fingerprint density at radius 2 is 2.00 bits per heavy atom. The summed E-state index contributed by atoms with van der Waals surface area (Å²) in [5.41, 5.74) is 6.64. The van der Waals surface area contributed by atoms with Gasteiger partial charge in [-0.1, -0.05) is 0 Å². The maximum Gasteiger partial charge on any atom is 0.573 e. The number of amides is 1. The highest BCUT2D eigenvalue weighted by Gasteiger charge is 2.31. The molecule has 0 saturated carbocycles. The highest BCUT2D eigenvalue weighted by molar-refractivity contribution is 5.98. The third kappa shape index (κ3) is 5.14. The highest BCUT2D eigenvalue weighted by atomic mass is 19.4. The molecule has 3 N–H and O–H groups in total. The van der Waals surface area contributed by atoms with Crippen LogP contribution in [0, 0.1) is 12.7 Å². The van der Waals surface area contributed by atoms with E-state index in [0.717, 1.165) is 18.2 Å². The Labute approximate surface area is 206 Å². The third-order valence-electron chi connectivity index (χ3n) is 5.20. The molecule has 0 aliphatic rings. The fourth-order valence-corrected chi connectivity index (χ4v) is 3.59. The summed E-state index contributed by atoms with van der Waals surface area (Å²) in [6.45, 7) is 2.89. The quantitative estimate of drug-likeness (QED) is 0.376. The molecule has 0 spiro atoms. The molecule has 0 saturated heterocycles. The molecule has 188 valence electrons. The van der Waals surface area contributed by atoms with Crippen molar-refractivity contribution in [2.45, 2.75) is 26.3 Å². The molecule has 1 aromatic carbocycles. The number of ether oxygens (including phenoxy) is 2. The van der Waals surface area contributed by atoms with Crippen molar-refractivity contribution in [1.82, 2.24) is 24.9 Å². The van der Waals surface area contributed by atoms with Crippen LogP contribution in [0.15, 0.2) is 42.6 Å². The van der Waals surface area contributed by atoms with Crippen LogP contribution in [0.25, 0.3) is 16.8 Å². The number of methoxy groups -OCH3 is 1. The molecule has 0 aliphatic carbocycles. The van der Waals surface area contributed by atoms with E-state index in [1.165, 1.54) is 17.5 Å². The number of nitrogens with zero attached hydrogens (tertiary/aromatic N) is 4. The van der Waals surface area contributed by atoms with Gasteiger partial charge in [-0.25, -0.2) is 13.9 Å². The molecule has 1 atom stereocenters. The fraction of sp³-hybridized carbons (Fsp3) is 0.217. The number of pyridine rings is 2. The number of carbonyl (C=O) groups is 1. The molecule has 1 amide bonds. The monoisotopic (exact) mass is 507 g/mol. The number of benzene rings is 1. The average Bonchev–Trinajstić information content (AvgIpc) is 3.17. The van der Waals surface area contributed by atoms with E-state index in [0.29, 0.717) is 22.5 Å². The average molecular weight is 507 g/mol. The molecule has 36 heavy (non-hydrogen) atoms. The summed E-state index contributed by atoms with van der Waals surface area (Å²) in [5.74, 6) is -3.00. The summed E-state index contributed by atoms with van der Waals surface area (Å²) in [6.07, 6.45) is -3.44. The second-order valence-electron chi connectivity index (χ2n) is 7.69. The molecule has 4 aromatic rings. The van der Waals surface area contributed by atoms with Gasteiger partial charge in [0.1, 0.15) is 17.1 Å². The van der Waals surface area contributed by atoms with Crippen LogP contribution in [0.3, 0.4) is 0 Å². The van der Waals surface area contributed by atoms with E-state index >= 15 is 0 Å². The van der Waals surface area contributed by atoms with Crippen LogP contribution in [-0.4, -0.2) is 38.9 Å². The van der Waals surface area contributed by atoms with Crippen molar-refractivity contribution in [2.75, 3.05) is 12.8 Å². The lowest BCUT2D eigenvalue weighted by molar-refractivity contribution is -0.274. The number of nitrogen functional groups attached to an aromatic ring is 1. The Hall–Kier alpha value is -4.42. The van der Waals surface area contributed by atoms with Gasteiger partial charge in [0.2, 0.25) is 11.8 Å². The number of nitrogens with two attached hydrogens (primary N) is 1. The van der Waals surface area contributed by atoms with Gasteiger partial charge in [-0.15, -0.1) is 18.3 Å². The number of nitrogens with one attached hydrogen (secondary N) is 1. The first-order valence-electron chi connectivity index (χ1n) is 11.8. The lowest BCUT2D eigenvalue weighted by Gasteiger charge is -2.18. The summed E-state index contributed by atoms with van der Waals surface area (Å²) < 4.78 is 84.8. The van der Waals surface area contributed by atoms with Gasteiger partial charge >= 0.3 is 6.36 Å². The van der Waals surface area contributed by atoms with Gasteiger partial charge in [0.15, 0.2) is 5.65 Å². The molecule has 4 rings (SSSR count). The molecule has 9 nitrogen and oxygen atoms in total. The Bertz CT molecular complexity index is 1560. The van der Waals surface area contributed by atoms with E-state index in [1.807, 2.05) is 0 Å². The van der Waals surface area contributed by atoms with E-state index in [4.69, 9.17) is 14.6 Å². The van der Waals surface area contributed by atoms with Gasteiger partial charge in [0, 0.05) is 23.0 Å². The van der Waals surface area contributed by atoms with E-state index in [-0.39, 0.29) is 17.1 Å². The molecule has 13 heteroatoms. The van der Waals surface area contributed by atoms with Crippen LogP contribution in [0.4, 0.5) is 23.5 Å². The van der Waals surface area contributed by atoms with Gasteiger partial charge in [-0.3, -0.25) is 4.79 Å². The maximum atomic E-state index is 14.5. The molecule has 1 unspecified atom stereocenters. The van der Waals surface area contributed by atoms with Gasteiger partial charge in [-0.2, -0.15) is 4.98 Å². The number of aryl methyl sites for hydroxylation is 1. The second-order valence-corrected chi connectivity index (χ2v) is 7.69. The lowest BCUT2D eigenvalue weighted by atomic mass is 10.0. The smallest absolute Gasteiger partial charge is 0.480 e. The number of hydrogen-bond donors (Lipinski definition) is 2. The summed E-state index contributed by atoms with van der Waals surface area (Å²) in [5, 5.41) is 6.42. The first kappa shape index (κ1) is 20.9. The van der Waals surface area contributed by atoms with Crippen LogP contribution in [0.1, 0.15) is 38.7 Å². The van der Waals surface area contributed by atoms with E-state index in [2.05, 4.69) is 25.1 Å². The maximum absolute atomic E-state index is 14.5. The van der Waals surface area contributed by atoms with E-state index < -0.39 is 42.8 Å². The summed E-state index contributed by atoms with van der Waals surface area (Å²) in [6, 6.07) is 5.77. The molecular formula is C23H20F4N6O3. The minimum Gasteiger partial charge on any atom is -0.480 e. The van der Waals surface area contributed by atoms with E-state index in [9.17, 15) is 22.4 Å². The van der Waals surface area contributed by atoms with Crippen LogP contribution >= 0.6 is 0 Å². The van der Waals surface area contributed by atoms with Crippen molar-refractivity contribution >= 4 is 17.5 Å². The van der Waals surface area contributed by atoms with Crippen molar-refractivity contribution in [3.63, 3.8) is 0 Å². The van der Waals surface area contributed by atoms with Crippen LogP contribution in [-0.2, 0) is 0 Å². The molecule has 0 fully saturated rings. The standard InChI is InChI=1S/C23H20F4N6O3/c1-11-15(13-6-7-33-19(8-13)31-22(28)32-33)10-17(21(30-11)35-3)20(34)29-12(2)16-9-14(4-5-18(16)24)36-23(25,26)27/h4-10,12H,1-3H3,(H2,28,32)(H,29,34)/i3D3. The summed E-state index contributed by atoms with van der Waals surface area (Å²) in [7, 11) is -2.96. The summed E-state index contributed by atoms with van der Waals surface area (Å²) in [4.78, 5) is 21.5. The number of hydrogen-bond acceptors (Lipinski definition) is 7. The number of anilines is 1.